The van der Waals surface area contributed by atoms with Gasteiger partial charge in [0.1, 0.15) is 34.9 Å². The number of rotatable bonds is 12. The van der Waals surface area contributed by atoms with Gasteiger partial charge < -0.3 is 34.9 Å². The zero-order valence-corrected chi connectivity index (χ0v) is 29.3. The molecule has 2 heterocycles. The third-order valence-corrected chi connectivity index (χ3v) is 8.14. The van der Waals surface area contributed by atoms with E-state index in [1.54, 1.807) is 25.7 Å². The van der Waals surface area contributed by atoms with Crippen LogP contribution in [-0.4, -0.2) is 75.1 Å². The molecule has 2 atom stereocenters. The van der Waals surface area contributed by atoms with E-state index in [0.717, 1.165) is 30.5 Å². The number of imidazole rings is 1. The quantitative estimate of drug-likeness (QED) is 0.243. The first kappa shape index (κ1) is 38.0. The van der Waals surface area contributed by atoms with Gasteiger partial charge in [0.15, 0.2) is 5.82 Å². The molecule has 2 aromatic carbocycles. The van der Waals surface area contributed by atoms with Crippen LogP contribution >= 0.6 is 0 Å². The number of halogens is 2. The minimum Gasteiger partial charge on any atom is -0.444 e. The number of piperidine rings is 1. The highest BCUT2D eigenvalue weighted by molar-refractivity contribution is 5.98. The average Bonchev–Trinajstić information content (AvgIpc) is 3.48. The SMILES string of the molecule is CC1CCN(C(=O)C(c2ccc(F)cc2F)n2cnc(NC(=O)C(COCc3ccccc3)NC(=O)C(C)(C)NC(=O)OC(C)(C)C)c2)CC1. The van der Waals surface area contributed by atoms with Gasteiger partial charge in [-0.2, -0.15) is 0 Å². The minimum atomic E-state index is -1.49. The summed E-state index contributed by atoms with van der Waals surface area (Å²) in [5.74, 6) is -3.01. The van der Waals surface area contributed by atoms with Crippen LogP contribution in [0.15, 0.2) is 61.1 Å². The highest BCUT2D eigenvalue weighted by atomic mass is 19.1. The summed E-state index contributed by atoms with van der Waals surface area (Å²) in [6.45, 7) is 11.0. The fourth-order valence-corrected chi connectivity index (χ4v) is 5.31. The summed E-state index contributed by atoms with van der Waals surface area (Å²) < 4.78 is 41.4. The Kier molecular flexibility index (Phi) is 12.3. The van der Waals surface area contributed by atoms with E-state index in [0.29, 0.717) is 19.0 Å². The standard InChI is InChI=1S/C36H46F2N6O6/c1-23-14-16-43(17-15-23)32(46)30(26-13-12-25(37)18-27(26)38)44-19-29(39-22-44)41-31(45)28(21-49-20-24-10-8-7-9-11-24)40-33(47)36(5,6)42-34(48)50-35(2,3)4/h7-13,18-19,22-23,28,30H,14-17,20-21H2,1-6H3,(H,40,47)(H,41,45)(H,42,48). The molecular weight excluding hydrogens is 650 g/mol. The molecule has 3 N–H and O–H groups in total. The van der Waals surface area contributed by atoms with Crippen molar-refractivity contribution in [3.63, 3.8) is 0 Å². The number of alkyl carbamates (subject to hydrolysis) is 1. The van der Waals surface area contributed by atoms with E-state index in [1.807, 2.05) is 30.3 Å². The smallest absolute Gasteiger partial charge is 0.408 e. The van der Waals surface area contributed by atoms with Crippen LogP contribution in [0.25, 0.3) is 0 Å². The summed E-state index contributed by atoms with van der Waals surface area (Å²) in [5, 5.41) is 7.79. The molecule has 3 aromatic rings. The number of hydrogen-bond donors (Lipinski definition) is 3. The molecule has 1 aliphatic heterocycles. The van der Waals surface area contributed by atoms with E-state index in [4.69, 9.17) is 9.47 Å². The van der Waals surface area contributed by atoms with Crippen molar-refractivity contribution in [2.24, 2.45) is 5.92 Å². The normalized spacial score (nSPS) is 15.2. The van der Waals surface area contributed by atoms with Crippen LogP contribution in [0.5, 0.6) is 0 Å². The molecule has 1 saturated heterocycles. The van der Waals surface area contributed by atoms with Crippen molar-refractivity contribution < 1.29 is 37.4 Å². The number of anilines is 1. The largest absolute Gasteiger partial charge is 0.444 e. The molecule has 0 spiro atoms. The number of likely N-dealkylation sites (tertiary alicyclic amines) is 1. The molecule has 1 fully saturated rings. The maximum Gasteiger partial charge on any atom is 0.408 e. The molecule has 4 amide bonds. The molecule has 0 bridgehead atoms. The van der Waals surface area contributed by atoms with Crippen LogP contribution in [-0.2, 0) is 30.5 Å². The maximum absolute atomic E-state index is 15.1. The first-order chi connectivity index (χ1) is 23.5. The van der Waals surface area contributed by atoms with Crippen molar-refractivity contribution in [3.05, 3.63) is 83.8 Å². The van der Waals surface area contributed by atoms with E-state index in [1.165, 1.54) is 37.0 Å². The first-order valence-electron chi connectivity index (χ1n) is 16.5. The molecule has 4 rings (SSSR count). The van der Waals surface area contributed by atoms with Gasteiger partial charge >= 0.3 is 6.09 Å². The maximum atomic E-state index is 15.1. The third-order valence-electron chi connectivity index (χ3n) is 8.14. The lowest BCUT2D eigenvalue weighted by Crippen LogP contribution is -2.59. The zero-order chi connectivity index (χ0) is 36.6. The Morgan fingerprint density at radius 1 is 1.00 bits per heavy atom. The zero-order valence-electron chi connectivity index (χ0n) is 29.3. The van der Waals surface area contributed by atoms with Crippen LogP contribution < -0.4 is 16.0 Å². The van der Waals surface area contributed by atoms with Crippen molar-refractivity contribution in [2.45, 2.75) is 84.2 Å². The van der Waals surface area contributed by atoms with Crippen LogP contribution in [0, 0.1) is 17.6 Å². The summed E-state index contributed by atoms with van der Waals surface area (Å²) in [6, 6.07) is 9.79. The predicted molar refractivity (Wildman–Crippen MR) is 182 cm³/mol. The van der Waals surface area contributed by atoms with Gasteiger partial charge in [-0.15, -0.1) is 0 Å². The summed E-state index contributed by atoms with van der Waals surface area (Å²) in [7, 11) is 0. The predicted octanol–water partition coefficient (Wildman–Crippen LogP) is 4.95. The van der Waals surface area contributed by atoms with E-state index in [9.17, 15) is 23.6 Å². The Morgan fingerprint density at radius 3 is 2.32 bits per heavy atom. The lowest BCUT2D eigenvalue weighted by Gasteiger charge is -2.33. The number of carbonyl (C=O) groups is 4. The molecule has 270 valence electrons. The Bertz CT molecular complexity index is 1650. The number of benzene rings is 2. The molecule has 0 radical (unpaired) electrons. The number of hydrogen-bond acceptors (Lipinski definition) is 7. The summed E-state index contributed by atoms with van der Waals surface area (Å²) >= 11 is 0. The molecule has 1 aromatic heterocycles. The number of aromatic nitrogens is 2. The van der Waals surface area contributed by atoms with Crippen LogP contribution in [0.4, 0.5) is 19.4 Å². The fraction of sp³-hybridized carbons (Fsp3) is 0.472. The van der Waals surface area contributed by atoms with Gasteiger partial charge in [0.25, 0.3) is 5.91 Å². The Morgan fingerprint density at radius 2 is 1.68 bits per heavy atom. The fourth-order valence-electron chi connectivity index (χ4n) is 5.31. The van der Waals surface area contributed by atoms with Gasteiger partial charge in [-0.1, -0.05) is 43.3 Å². The monoisotopic (exact) mass is 696 g/mol. The van der Waals surface area contributed by atoms with Gasteiger partial charge in [0.2, 0.25) is 11.8 Å². The van der Waals surface area contributed by atoms with Crippen molar-refractivity contribution >= 4 is 29.6 Å². The topological polar surface area (TPSA) is 144 Å². The van der Waals surface area contributed by atoms with E-state index < -0.39 is 58.7 Å². The summed E-state index contributed by atoms with van der Waals surface area (Å²) in [4.78, 5) is 59.1. The Labute approximate surface area is 290 Å². The van der Waals surface area contributed by atoms with Gasteiger partial charge in [0.05, 0.1) is 19.5 Å². The number of amides is 4. The molecule has 14 heteroatoms. The Balaban J connectivity index is 1.54. The van der Waals surface area contributed by atoms with Gasteiger partial charge in [0, 0.05) is 30.9 Å². The van der Waals surface area contributed by atoms with Crippen molar-refractivity contribution in [2.75, 3.05) is 25.0 Å². The third kappa shape index (κ3) is 10.6. The summed E-state index contributed by atoms with van der Waals surface area (Å²) in [5.41, 5.74) is -1.49. The van der Waals surface area contributed by atoms with Crippen molar-refractivity contribution in [1.29, 1.82) is 0 Å². The lowest BCUT2D eigenvalue weighted by molar-refractivity contribution is -0.135. The van der Waals surface area contributed by atoms with Crippen LogP contribution in [0.2, 0.25) is 0 Å². The average molecular weight is 697 g/mol. The molecule has 0 saturated carbocycles. The van der Waals surface area contributed by atoms with Gasteiger partial charge in [-0.05, 0) is 65.0 Å². The number of nitrogens with zero attached hydrogens (tertiary/aromatic N) is 3. The van der Waals surface area contributed by atoms with Crippen molar-refractivity contribution in [3.8, 4) is 0 Å². The number of nitrogens with one attached hydrogen (secondary N) is 3. The second-order valence-electron chi connectivity index (χ2n) is 14.1. The highest BCUT2D eigenvalue weighted by Crippen LogP contribution is 2.28. The summed E-state index contributed by atoms with van der Waals surface area (Å²) in [6.07, 6.45) is 3.41. The second kappa shape index (κ2) is 16.2. The lowest BCUT2D eigenvalue weighted by atomic mass is 9.97. The molecular formula is C36H46F2N6O6. The molecule has 2 unspecified atom stereocenters. The number of ether oxygens (including phenoxy) is 2. The van der Waals surface area contributed by atoms with Gasteiger partial charge in [-0.3, -0.25) is 14.4 Å². The van der Waals surface area contributed by atoms with Crippen molar-refractivity contribution in [1.82, 2.24) is 25.1 Å². The minimum absolute atomic E-state index is 0.0102. The molecule has 12 nitrogen and oxygen atoms in total. The molecule has 50 heavy (non-hydrogen) atoms. The highest BCUT2D eigenvalue weighted by Gasteiger charge is 2.35. The Hall–Kier alpha value is -4.85. The van der Waals surface area contributed by atoms with E-state index in [2.05, 4.69) is 27.9 Å². The van der Waals surface area contributed by atoms with E-state index in [-0.39, 0.29) is 24.6 Å². The second-order valence-corrected chi connectivity index (χ2v) is 14.1. The number of carbonyl (C=O) groups excluding carboxylic acids is 4. The molecule has 0 aliphatic carbocycles. The van der Waals surface area contributed by atoms with Crippen LogP contribution in [0.1, 0.15) is 71.6 Å². The van der Waals surface area contributed by atoms with Crippen LogP contribution in [0.3, 0.4) is 0 Å². The van der Waals surface area contributed by atoms with E-state index >= 15 is 4.39 Å². The molecule has 1 aliphatic rings. The van der Waals surface area contributed by atoms with Gasteiger partial charge in [-0.25, -0.2) is 18.6 Å². The first-order valence-corrected chi connectivity index (χ1v) is 16.5.